The van der Waals surface area contributed by atoms with E-state index in [4.69, 9.17) is 5.26 Å². The fraction of sp³-hybridized carbons (Fsp3) is 0.0667. The van der Waals surface area contributed by atoms with Crippen molar-refractivity contribution in [1.82, 2.24) is 20.4 Å². The van der Waals surface area contributed by atoms with Crippen molar-refractivity contribution >= 4 is 0 Å². The monoisotopic (exact) mass is 315 g/mol. The highest BCUT2D eigenvalue weighted by Crippen LogP contribution is 2.32. The van der Waals surface area contributed by atoms with Gasteiger partial charge in [-0.3, -0.25) is 4.98 Å². The third-order valence-corrected chi connectivity index (χ3v) is 3.18. The first kappa shape index (κ1) is 14.7. The van der Waals surface area contributed by atoms with Gasteiger partial charge in [0.1, 0.15) is 11.8 Å². The summed E-state index contributed by atoms with van der Waals surface area (Å²) in [6.45, 7) is 0. The third-order valence-electron chi connectivity index (χ3n) is 3.18. The van der Waals surface area contributed by atoms with Crippen molar-refractivity contribution in [3.8, 4) is 28.6 Å². The molecule has 0 fully saturated rings. The Labute approximate surface area is 128 Å². The molecule has 2 aromatic heterocycles. The van der Waals surface area contributed by atoms with Crippen LogP contribution < -0.4 is 0 Å². The van der Waals surface area contributed by atoms with Crippen molar-refractivity contribution in [3.05, 3.63) is 53.9 Å². The molecule has 0 aliphatic heterocycles. The van der Waals surface area contributed by atoms with Crippen LogP contribution >= 0.6 is 0 Å². The van der Waals surface area contributed by atoms with Crippen LogP contribution in [0.1, 0.15) is 11.3 Å². The lowest BCUT2D eigenvalue weighted by molar-refractivity contribution is -0.137. The summed E-state index contributed by atoms with van der Waals surface area (Å²) in [4.78, 5) is 4.15. The predicted molar refractivity (Wildman–Crippen MR) is 74.8 cm³/mol. The molecule has 3 aromatic rings. The van der Waals surface area contributed by atoms with E-state index in [1.54, 1.807) is 18.2 Å². The maximum absolute atomic E-state index is 12.7. The van der Waals surface area contributed by atoms with E-state index in [0.717, 1.165) is 12.1 Å². The quantitative estimate of drug-likeness (QED) is 0.786. The van der Waals surface area contributed by atoms with Crippen LogP contribution in [0.15, 0.2) is 42.6 Å². The van der Waals surface area contributed by atoms with Gasteiger partial charge in [-0.2, -0.15) is 28.7 Å². The molecule has 0 aliphatic rings. The van der Waals surface area contributed by atoms with Gasteiger partial charge in [-0.15, -0.1) is 5.10 Å². The SMILES string of the molecule is N#Cc1n[nH]nc1-c1ccc(-c2cccc(C(F)(F)F)c2)nc1. The number of pyridine rings is 1. The zero-order chi connectivity index (χ0) is 16.4. The summed E-state index contributed by atoms with van der Waals surface area (Å²) in [5.74, 6) is 0. The molecular formula is C15H8F3N5. The molecule has 0 radical (unpaired) electrons. The summed E-state index contributed by atoms with van der Waals surface area (Å²) in [5, 5.41) is 18.8. The van der Waals surface area contributed by atoms with Gasteiger partial charge in [0, 0.05) is 17.3 Å². The number of benzene rings is 1. The number of hydrogen-bond acceptors (Lipinski definition) is 4. The van der Waals surface area contributed by atoms with Crippen LogP contribution in [0, 0.1) is 11.3 Å². The molecule has 0 saturated carbocycles. The number of hydrogen-bond donors (Lipinski definition) is 1. The van der Waals surface area contributed by atoms with Crippen LogP contribution in [0.4, 0.5) is 13.2 Å². The van der Waals surface area contributed by atoms with Crippen molar-refractivity contribution in [2.45, 2.75) is 6.18 Å². The average molecular weight is 315 g/mol. The van der Waals surface area contributed by atoms with E-state index in [-0.39, 0.29) is 5.69 Å². The maximum Gasteiger partial charge on any atom is 0.416 e. The van der Waals surface area contributed by atoms with Crippen molar-refractivity contribution in [1.29, 1.82) is 5.26 Å². The predicted octanol–water partition coefficient (Wildman–Crippen LogP) is 3.42. The Morgan fingerprint density at radius 2 is 1.87 bits per heavy atom. The molecular weight excluding hydrogens is 307 g/mol. The fourth-order valence-corrected chi connectivity index (χ4v) is 2.07. The molecule has 0 spiro atoms. The van der Waals surface area contributed by atoms with E-state index in [1.165, 1.54) is 12.3 Å². The van der Waals surface area contributed by atoms with Crippen LogP contribution in [-0.2, 0) is 6.18 Å². The number of alkyl halides is 3. The number of nitrogens with zero attached hydrogens (tertiary/aromatic N) is 4. The highest BCUT2D eigenvalue weighted by Gasteiger charge is 2.30. The smallest absolute Gasteiger partial charge is 0.256 e. The Morgan fingerprint density at radius 1 is 1.04 bits per heavy atom. The normalized spacial score (nSPS) is 11.2. The largest absolute Gasteiger partial charge is 0.416 e. The Kier molecular flexibility index (Phi) is 3.54. The Balaban J connectivity index is 1.96. The van der Waals surface area contributed by atoms with E-state index in [1.807, 2.05) is 6.07 Å². The van der Waals surface area contributed by atoms with Crippen molar-refractivity contribution in [2.75, 3.05) is 0 Å². The summed E-state index contributed by atoms with van der Waals surface area (Å²) >= 11 is 0. The van der Waals surface area contributed by atoms with E-state index >= 15 is 0 Å². The highest BCUT2D eigenvalue weighted by molar-refractivity contribution is 5.67. The summed E-state index contributed by atoms with van der Waals surface area (Å²) in [6, 6.07) is 10.0. The number of halogens is 3. The van der Waals surface area contributed by atoms with Gasteiger partial charge in [-0.1, -0.05) is 12.1 Å². The van der Waals surface area contributed by atoms with Crippen LogP contribution in [0.5, 0.6) is 0 Å². The van der Waals surface area contributed by atoms with Gasteiger partial charge in [0.15, 0.2) is 5.69 Å². The lowest BCUT2D eigenvalue weighted by atomic mass is 10.1. The van der Waals surface area contributed by atoms with Gasteiger partial charge in [0.25, 0.3) is 0 Å². The first-order valence-corrected chi connectivity index (χ1v) is 6.44. The zero-order valence-corrected chi connectivity index (χ0v) is 11.5. The molecule has 8 heteroatoms. The van der Waals surface area contributed by atoms with Gasteiger partial charge >= 0.3 is 6.18 Å². The first-order valence-electron chi connectivity index (χ1n) is 6.44. The minimum absolute atomic E-state index is 0.124. The van der Waals surface area contributed by atoms with Gasteiger partial charge in [-0.25, -0.2) is 0 Å². The number of aromatic amines is 1. The van der Waals surface area contributed by atoms with Gasteiger partial charge in [0.2, 0.25) is 0 Å². The second-order valence-corrected chi connectivity index (χ2v) is 4.64. The third kappa shape index (κ3) is 2.89. The van der Waals surface area contributed by atoms with Gasteiger partial charge in [-0.05, 0) is 24.3 Å². The summed E-state index contributed by atoms with van der Waals surface area (Å²) in [6.07, 6.45) is -2.97. The van der Waals surface area contributed by atoms with Crippen molar-refractivity contribution < 1.29 is 13.2 Å². The first-order chi connectivity index (χ1) is 11.0. The van der Waals surface area contributed by atoms with Crippen LogP contribution in [0.25, 0.3) is 22.5 Å². The van der Waals surface area contributed by atoms with Crippen molar-refractivity contribution in [2.24, 2.45) is 0 Å². The van der Waals surface area contributed by atoms with Crippen LogP contribution in [0.3, 0.4) is 0 Å². The number of nitriles is 1. The number of aromatic nitrogens is 4. The minimum Gasteiger partial charge on any atom is -0.256 e. The summed E-state index contributed by atoms with van der Waals surface area (Å²) in [7, 11) is 0. The van der Waals surface area contributed by atoms with Gasteiger partial charge in [0.05, 0.1) is 11.3 Å². The van der Waals surface area contributed by atoms with E-state index in [2.05, 4.69) is 20.4 Å². The molecule has 0 atom stereocenters. The molecule has 0 bridgehead atoms. The zero-order valence-electron chi connectivity index (χ0n) is 11.5. The van der Waals surface area contributed by atoms with E-state index in [0.29, 0.717) is 22.5 Å². The number of rotatable bonds is 2. The highest BCUT2D eigenvalue weighted by atomic mass is 19.4. The Bertz CT molecular complexity index is 875. The maximum atomic E-state index is 12.7. The minimum atomic E-state index is -4.40. The summed E-state index contributed by atoms with van der Waals surface area (Å²) < 4.78 is 38.2. The van der Waals surface area contributed by atoms with Crippen molar-refractivity contribution in [3.63, 3.8) is 0 Å². The van der Waals surface area contributed by atoms with Crippen LogP contribution in [0.2, 0.25) is 0 Å². The molecule has 3 rings (SSSR count). The number of H-pyrrole nitrogens is 1. The molecule has 0 aliphatic carbocycles. The molecule has 1 aromatic carbocycles. The topological polar surface area (TPSA) is 78.2 Å². The second-order valence-electron chi connectivity index (χ2n) is 4.64. The van der Waals surface area contributed by atoms with Crippen LogP contribution in [-0.4, -0.2) is 20.4 Å². The Morgan fingerprint density at radius 3 is 2.52 bits per heavy atom. The molecule has 1 N–H and O–H groups in total. The standard InChI is InChI=1S/C15H8F3N5/c16-15(17,18)11-3-1-2-9(6-11)12-5-4-10(8-20-12)14-13(7-19)21-23-22-14/h1-6,8H,(H,21,22,23). The van der Waals surface area contributed by atoms with E-state index < -0.39 is 11.7 Å². The molecule has 114 valence electrons. The molecule has 0 saturated heterocycles. The summed E-state index contributed by atoms with van der Waals surface area (Å²) in [5.41, 5.74) is 1.03. The lowest BCUT2D eigenvalue weighted by Gasteiger charge is -2.08. The molecule has 5 nitrogen and oxygen atoms in total. The molecule has 0 amide bonds. The second kappa shape index (κ2) is 5.53. The molecule has 23 heavy (non-hydrogen) atoms. The Hall–Kier alpha value is -3.21. The van der Waals surface area contributed by atoms with Gasteiger partial charge < -0.3 is 0 Å². The lowest BCUT2D eigenvalue weighted by Crippen LogP contribution is -2.04. The van der Waals surface area contributed by atoms with E-state index in [9.17, 15) is 13.2 Å². The molecule has 2 heterocycles. The fourth-order valence-electron chi connectivity index (χ4n) is 2.07. The molecule has 0 unspecified atom stereocenters. The average Bonchev–Trinajstić information content (AvgIpc) is 3.03. The number of nitrogens with one attached hydrogen (secondary N) is 1.